The second-order valence-electron chi connectivity index (χ2n) is 5.58. The molecule has 1 aromatic carbocycles. The predicted molar refractivity (Wildman–Crippen MR) is 87.5 cm³/mol. The first-order chi connectivity index (χ1) is 9.60. The first-order valence-corrected chi connectivity index (χ1v) is 7.66. The molecule has 0 aliphatic carbocycles. The SMILES string of the molecule is CCCN(c1ccc(CNCCOC)cc1C)C(C)C. The van der Waals surface area contributed by atoms with Crippen LogP contribution in [0.2, 0.25) is 0 Å². The minimum atomic E-state index is 0.541. The molecule has 1 rings (SSSR count). The highest BCUT2D eigenvalue weighted by atomic mass is 16.5. The Bertz CT molecular complexity index is 391. The normalized spacial score (nSPS) is 11.1. The summed E-state index contributed by atoms with van der Waals surface area (Å²) in [5.74, 6) is 0. The highest BCUT2D eigenvalue weighted by molar-refractivity contribution is 5.55. The van der Waals surface area contributed by atoms with Crippen LogP contribution >= 0.6 is 0 Å². The third-order valence-corrected chi connectivity index (χ3v) is 3.47. The van der Waals surface area contributed by atoms with Crippen LogP contribution in [0.3, 0.4) is 0 Å². The lowest BCUT2D eigenvalue weighted by Crippen LogP contribution is -2.32. The zero-order valence-corrected chi connectivity index (χ0v) is 13.7. The molecule has 0 saturated heterocycles. The number of anilines is 1. The molecule has 3 nitrogen and oxygen atoms in total. The van der Waals surface area contributed by atoms with Crippen LogP contribution in [0.15, 0.2) is 18.2 Å². The lowest BCUT2D eigenvalue weighted by Gasteiger charge is -2.30. The maximum atomic E-state index is 5.04. The summed E-state index contributed by atoms with van der Waals surface area (Å²) in [6, 6.07) is 7.32. The Morgan fingerprint density at radius 3 is 2.60 bits per heavy atom. The van der Waals surface area contributed by atoms with Gasteiger partial charge in [-0.15, -0.1) is 0 Å². The van der Waals surface area contributed by atoms with Gasteiger partial charge in [0.15, 0.2) is 0 Å². The quantitative estimate of drug-likeness (QED) is 0.701. The van der Waals surface area contributed by atoms with E-state index in [0.717, 1.165) is 26.2 Å². The molecule has 1 N–H and O–H groups in total. The topological polar surface area (TPSA) is 24.5 Å². The van der Waals surface area contributed by atoms with E-state index in [4.69, 9.17) is 4.74 Å². The molecule has 1 aromatic rings. The van der Waals surface area contributed by atoms with Gasteiger partial charge in [-0.2, -0.15) is 0 Å². The average molecular weight is 278 g/mol. The number of aryl methyl sites for hydroxylation is 1. The monoisotopic (exact) mass is 278 g/mol. The lowest BCUT2D eigenvalue weighted by atomic mass is 10.1. The van der Waals surface area contributed by atoms with Crippen molar-refractivity contribution >= 4 is 5.69 Å². The van der Waals surface area contributed by atoms with E-state index in [9.17, 15) is 0 Å². The molecule has 114 valence electrons. The molecule has 20 heavy (non-hydrogen) atoms. The zero-order chi connectivity index (χ0) is 15.0. The fourth-order valence-corrected chi connectivity index (χ4v) is 2.45. The van der Waals surface area contributed by atoms with Crippen molar-refractivity contribution in [2.24, 2.45) is 0 Å². The summed E-state index contributed by atoms with van der Waals surface area (Å²) >= 11 is 0. The van der Waals surface area contributed by atoms with Gasteiger partial charge in [0.25, 0.3) is 0 Å². The van der Waals surface area contributed by atoms with Gasteiger partial charge in [0.05, 0.1) is 6.61 Å². The van der Waals surface area contributed by atoms with Crippen molar-refractivity contribution in [3.8, 4) is 0 Å². The van der Waals surface area contributed by atoms with E-state index in [-0.39, 0.29) is 0 Å². The van der Waals surface area contributed by atoms with Crippen LogP contribution in [0, 0.1) is 6.92 Å². The molecular weight excluding hydrogens is 248 g/mol. The molecule has 0 aliphatic rings. The van der Waals surface area contributed by atoms with E-state index in [1.807, 2.05) is 0 Å². The first kappa shape index (κ1) is 17.0. The van der Waals surface area contributed by atoms with Crippen LogP contribution in [0.4, 0.5) is 5.69 Å². The van der Waals surface area contributed by atoms with Crippen molar-refractivity contribution in [2.45, 2.75) is 46.7 Å². The van der Waals surface area contributed by atoms with Gasteiger partial charge in [-0.05, 0) is 44.4 Å². The second kappa shape index (κ2) is 8.98. The molecule has 0 unspecified atom stereocenters. The van der Waals surface area contributed by atoms with Crippen LogP contribution in [0.5, 0.6) is 0 Å². The van der Waals surface area contributed by atoms with Crippen LogP contribution in [-0.4, -0.2) is 32.8 Å². The zero-order valence-electron chi connectivity index (χ0n) is 13.7. The van der Waals surface area contributed by atoms with Gasteiger partial charge in [0.2, 0.25) is 0 Å². The third kappa shape index (κ3) is 5.14. The first-order valence-electron chi connectivity index (χ1n) is 7.66. The van der Waals surface area contributed by atoms with Gasteiger partial charge in [-0.1, -0.05) is 19.1 Å². The molecule has 3 heteroatoms. The molecule has 0 heterocycles. The molecule has 0 fully saturated rings. The van der Waals surface area contributed by atoms with Crippen LogP contribution in [-0.2, 0) is 11.3 Å². The van der Waals surface area contributed by atoms with Gasteiger partial charge in [0.1, 0.15) is 0 Å². The summed E-state index contributed by atoms with van der Waals surface area (Å²) in [5, 5.41) is 3.39. The van der Waals surface area contributed by atoms with E-state index in [1.165, 1.54) is 23.2 Å². The summed E-state index contributed by atoms with van der Waals surface area (Å²) in [6.45, 7) is 12.6. The Morgan fingerprint density at radius 1 is 1.30 bits per heavy atom. The molecule has 0 aliphatic heterocycles. The predicted octanol–water partition coefficient (Wildman–Crippen LogP) is 3.36. The van der Waals surface area contributed by atoms with Gasteiger partial charge in [-0.3, -0.25) is 0 Å². The third-order valence-electron chi connectivity index (χ3n) is 3.47. The fourth-order valence-electron chi connectivity index (χ4n) is 2.45. The number of hydrogen-bond acceptors (Lipinski definition) is 3. The highest BCUT2D eigenvalue weighted by Gasteiger charge is 2.12. The van der Waals surface area contributed by atoms with Gasteiger partial charge in [-0.25, -0.2) is 0 Å². The van der Waals surface area contributed by atoms with E-state index in [2.05, 4.69) is 56.1 Å². The van der Waals surface area contributed by atoms with Gasteiger partial charge >= 0.3 is 0 Å². The number of ether oxygens (including phenoxy) is 1. The summed E-state index contributed by atoms with van der Waals surface area (Å²) in [6.07, 6.45) is 1.18. The van der Waals surface area contributed by atoms with Crippen LogP contribution < -0.4 is 10.2 Å². The minimum absolute atomic E-state index is 0.541. The molecule has 0 atom stereocenters. The van der Waals surface area contributed by atoms with Crippen molar-refractivity contribution in [3.05, 3.63) is 29.3 Å². The van der Waals surface area contributed by atoms with E-state index in [1.54, 1.807) is 7.11 Å². The summed E-state index contributed by atoms with van der Waals surface area (Å²) in [7, 11) is 1.73. The minimum Gasteiger partial charge on any atom is -0.383 e. The van der Waals surface area contributed by atoms with Crippen molar-refractivity contribution in [2.75, 3.05) is 31.7 Å². The molecule has 0 saturated carbocycles. The maximum absolute atomic E-state index is 5.04. The van der Waals surface area contributed by atoms with E-state index in [0.29, 0.717) is 6.04 Å². The largest absolute Gasteiger partial charge is 0.383 e. The molecule has 0 bridgehead atoms. The fraction of sp³-hybridized carbons (Fsp3) is 0.647. The van der Waals surface area contributed by atoms with Gasteiger partial charge in [0, 0.05) is 38.5 Å². The smallest absolute Gasteiger partial charge is 0.0587 e. The number of hydrogen-bond donors (Lipinski definition) is 1. The second-order valence-corrected chi connectivity index (χ2v) is 5.58. The average Bonchev–Trinajstić information content (AvgIpc) is 2.41. The Balaban J connectivity index is 2.71. The summed E-state index contributed by atoms with van der Waals surface area (Å²) in [5.41, 5.74) is 4.06. The molecular formula is C17H30N2O. The van der Waals surface area contributed by atoms with Gasteiger partial charge < -0.3 is 15.0 Å². The van der Waals surface area contributed by atoms with Crippen molar-refractivity contribution in [1.82, 2.24) is 5.32 Å². The Kier molecular flexibility index (Phi) is 7.63. The molecule has 0 aromatic heterocycles. The Labute approximate surface area is 124 Å². The summed E-state index contributed by atoms with van der Waals surface area (Å²) in [4.78, 5) is 2.48. The summed E-state index contributed by atoms with van der Waals surface area (Å²) < 4.78 is 5.04. The number of methoxy groups -OCH3 is 1. The van der Waals surface area contributed by atoms with Crippen molar-refractivity contribution < 1.29 is 4.74 Å². The number of rotatable bonds is 9. The lowest BCUT2D eigenvalue weighted by molar-refractivity contribution is 0.199. The Morgan fingerprint density at radius 2 is 2.05 bits per heavy atom. The number of nitrogens with one attached hydrogen (secondary N) is 1. The maximum Gasteiger partial charge on any atom is 0.0587 e. The molecule has 0 radical (unpaired) electrons. The number of benzene rings is 1. The van der Waals surface area contributed by atoms with E-state index >= 15 is 0 Å². The molecule has 0 spiro atoms. The van der Waals surface area contributed by atoms with Crippen molar-refractivity contribution in [1.29, 1.82) is 0 Å². The Hall–Kier alpha value is -1.06. The van der Waals surface area contributed by atoms with Crippen LogP contribution in [0.1, 0.15) is 38.3 Å². The van der Waals surface area contributed by atoms with Crippen molar-refractivity contribution in [3.63, 3.8) is 0 Å². The molecule has 0 amide bonds. The highest BCUT2D eigenvalue weighted by Crippen LogP contribution is 2.23. The van der Waals surface area contributed by atoms with E-state index < -0.39 is 0 Å². The standard InChI is InChI=1S/C17H30N2O/c1-6-10-19(14(2)3)17-8-7-16(12-15(17)4)13-18-9-11-20-5/h7-8,12,14,18H,6,9-11,13H2,1-5H3. The number of nitrogens with zero attached hydrogens (tertiary/aromatic N) is 1. The van der Waals surface area contributed by atoms with Crippen LogP contribution in [0.25, 0.3) is 0 Å².